The van der Waals surface area contributed by atoms with Crippen LogP contribution in [0.25, 0.3) is 0 Å². The average Bonchev–Trinajstić information content (AvgIpc) is 3.16. The summed E-state index contributed by atoms with van der Waals surface area (Å²) in [6, 6.07) is 16.7. The summed E-state index contributed by atoms with van der Waals surface area (Å²) in [4.78, 5) is 28.5. The maximum Gasteiger partial charge on any atom is 0.252 e. The Bertz CT molecular complexity index is 1450. The first-order chi connectivity index (χ1) is 17.9. The zero-order valence-corrected chi connectivity index (χ0v) is 24.0. The van der Waals surface area contributed by atoms with Gasteiger partial charge in [-0.05, 0) is 86.1 Å². The molecule has 1 aliphatic rings. The summed E-state index contributed by atoms with van der Waals surface area (Å²) >= 11 is 0. The molecule has 2 atom stereocenters. The number of benzene rings is 3. The molecule has 0 aliphatic carbocycles. The lowest BCUT2D eigenvalue weighted by atomic mass is 10.0. The number of imide groups is 1. The second-order valence-corrected chi connectivity index (χ2v) is 12.3. The van der Waals surface area contributed by atoms with Gasteiger partial charge in [0.1, 0.15) is 6.04 Å². The van der Waals surface area contributed by atoms with Crippen molar-refractivity contribution in [1.82, 2.24) is 4.31 Å². The number of aryl methyl sites for hydroxylation is 2. The van der Waals surface area contributed by atoms with Crippen LogP contribution >= 0.6 is 0 Å². The lowest BCUT2D eigenvalue weighted by molar-refractivity contribution is -0.122. The summed E-state index contributed by atoms with van der Waals surface area (Å²) in [5, 5.41) is 0. The van der Waals surface area contributed by atoms with Crippen LogP contribution < -0.4 is 4.90 Å². The molecule has 1 aliphatic heterocycles. The normalized spacial score (nSPS) is 17.1. The van der Waals surface area contributed by atoms with E-state index in [2.05, 4.69) is 13.8 Å². The van der Waals surface area contributed by atoms with Crippen molar-refractivity contribution in [3.05, 3.63) is 94.0 Å². The number of sulfonamides is 1. The Balaban J connectivity index is 1.86. The highest BCUT2D eigenvalue weighted by Gasteiger charge is 2.49. The van der Waals surface area contributed by atoms with Crippen molar-refractivity contribution in [3.8, 4) is 0 Å². The number of hydrogen-bond acceptors (Lipinski definition) is 4. The molecular formula is C31H36N2O4S. The molecule has 0 radical (unpaired) electrons. The van der Waals surface area contributed by atoms with Crippen molar-refractivity contribution in [3.63, 3.8) is 0 Å². The van der Waals surface area contributed by atoms with Crippen LogP contribution in [0.4, 0.5) is 5.69 Å². The van der Waals surface area contributed by atoms with Gasteiger partial charge in [-0.15, -0.1) is 0 Å². The fourth-order valence-electron chi connectivity index (χ4n) is 5.29. The van der Waals surface area contributed by atoms with Crippen molar-refractivity contribution in [2.45, 2.75) is 77.8 Å². The Labute approximate surface area is 226 Å². The molecular weight excluding hydrogens is 496 g/mol. The molecule has 1 fully saturated rings. The monoisotopic (exact) mass is 532 g/mol. The summed E-state index contributed by atoms with van der Waals surface area (Å²) < 4.78 is 30.3. The van der Waals surface area contributed by atoms with E-state index in [1.165, 1.54) is 4.31 Å². The van der Waals surface area contributed by atoms with Crippen molar-refractivity contribution in [1.29, 1.82) is 0 Å². The number of nitrogens with zero attached hydrogens (tertiary/aromatic N) is 2. The topological polar surface area (TPSA) is 74.8 Å². The zero-order valence-electron chi connectivity index (χ0n) is 23.1. The predicted octanol–water partition coefficient (Wildman–Crippen LogP) is 6.13. The van der Waals surface area contributed by atoms with Crippen molar-refractivity contribution >= 4 is 27.5 Å². The lowest BCUT2D eigenvalue weighted by Crippen LogP contribution is -2.47. The molecule has 0 N–H and O–H groups in total. The van der Waals surface area contributed by atoms with E-state index in [9.17, 15) is 18.0 Å². The van der Waals surface area contributed by atoms with Crippen LogP contribution in [0.15, 0.2) is 65.6 Å². The Morgan fingerprint density at radius 2 is 1.37 bits per heavy atom. The highest BCUT2D eigenvalue weighted by Crippen LogP contribution is 2.38. The highest BCUT2D eigenvalue weighted by molar-refractivity contribution is 7.89. The van der Waals surface area contributed by atoms with E-state index in [-0.39, 0.29) is 11.3 Å². The first-order valence-electron chi connectivity index (χ1n) is 13.0. The third-order valence-corrected chi connectivity index (χ3v) is 10.00. The fourth-order valence-corrected chi connectivity index (χ4v) is 7.64. The first-order valence-corrected chi connectivity index (χ1v) is 14.4. The van der Waals surface area contributed by atoms with Gasteiger partial charge in [0.05, 0.1) is 17.0 Å². The molecule has 0 spiro atoms. The summed E-state index contributed by atoms with van der Waals surface area (Å²) in [5.41, 5.74) is 5.31. The van der Waals surface area contributed by atoms with Gasteiger partial charge in [-0.1, -0.05) is 62.4 Å². The number of carbonyl (C=O) groups excluding carboxylic acids is 2. The molecule has 2 amide bonds. The minimum Gasteiger partial charge on any atom is -0.274 e. The smallest absolute Gasteiger partial charge is 0.252 e. The van der Waals surface area contributed by atoms with Crippen LogP contribution in [0.5, 0.6) is 0 Å². The summed E-state index contributed by atoms with van der Waals surface area (Å²) in [6.07, 6.45) is -0.218. The summed E-state index contributed by atoms with van der Waals surface area (Å²) in [5.74, 6) is -0.636. The second-order valence-electron chi connectivity index (χ2n) is 10.5. The van der Waals surface area contributed by atoms with E-state index in [1.807, 2.05) is 62.4 Å². The zero-order chi connectivity index (χ0) is 27.9. The number of rotatable bonds is 7. The molecule has 3 aromatic carbocycles. The first kappa shape index (κ1) is 27.7. The molecule has 2 unspecified atom stereocenters. The molecule has 200 valence electrons. The Morgan fingerprint density at radius 1 is 0.816 bits per heavy atom. The second kappa shape index (κ2) is 10.5. The van der Waals surface area contributed by atoms with Gasteiger partial charge in [0.2, 0.25) is 15.9 Å². The van der Waals surface area contributed by atoms with E-state index in [0.717, 1.165) is 27.2 Å². The molecule has 1 saturated heterocycles. The molecule has 4 rings (SSSR count). The van der Waals surface area contributed by atoms with E-state index in [4.69, 9.17) is 0 Å². The lowest BCUT2D eigenvalue weighted by Gasteiger charge is -2.34. The van der Waals surface area contributed by atoms with E-state index in [1.54, 1.807) is 32.9 Å². The average molecular weight is 533 g/mol. The van der Waals surface area contributed by atoms with Gasteiger partial charge in [0.25, 0.3) is 5.91 Å². The number of amides is 2. The van der Waals surface area contributed by atoms with E-state index in [0.29, 0.717) is 22.7 Å². The van der Waals surface area contributed by atoms with Gasteiger partial charge in [-0.2, -0.15) is 4.31 Å². The highest BCUT2D eigenvalue weighted by atomic mass is 32.2. The standard InChI is InChI=1S/C31H36N2O4S/c1-19(2)25-13-15-27(16-14-25)32-29(34)18-28(31(32)35)33(24(7)26-11-9-8-10-12-26)38(36,37)30-22(5)20(3)17-21(4)23(30)6/h8-17,19,24,28H,18H2,1-7H3. The van der Waals surface area contributed by atoms with E-state index >= 15 is 0 Å². The van der Waals surface area contributed by atoms with Crippen molar-refractivity contribution in [2.24, 2.45) is 0 Å². The van der Waals surface area contributed by atoms with Crippen LogP contribution in [-0.4, -0.2) is 30.6 Å². The van der Waals surface area contributed by atoms with Gasteiger partial charge in [0, 0.05) is 6.04 Å². The third kappa shape index (κ3) is 4.81. The van der Waals surface area contributed by atoms with Crippen LogP contribution in [0.3, 0.4) is 0 Å². The van der Waals surface area contributed by atoms with Crippen molar-refractivity contribution < 1.29 is 18.0 Å². The minimum atomic E-state index is -4.18. The predicted molar refractivity (Wildman–Crippen MR) is 151 cm³/mol. The third-order valence-electron chi connectivity index (χ3n) is 7.74. The number of anilines is 1. The summed E-state index contributed by atoms with van der Waals surface area (Å²) in [7, 11) is -4.18. The van der Waals surface area contributed by atoms with Crippen LogP contribution in [0.1, 0.15) is 72.5 Å². The van der Waals surface area contributed by atoms with Gasteiger partial charge >= 0.3 is 0 Å². The maximum atomic E-state index is 14.5. The molecule has 0 aromatic heterocycles. The van der Waals surface area contributed by atoms with Crippen molar-refractivity contribution in [2.75, 3.05) is 4.90 Å². The van der Waals surface area contributed by atoms with Crippen LogP contribution in [0, 0.1) is 27.7 Å². The fraction of sp³-hybridized carbons (Fsp3) is 0.355. The van der Waals surface area contributed by atoms with E-state index < -0.39 is 33.9 Å². The Kier molecular flexibility index (Phi) is 7.64. The molecule has 1 heterocycles. The summed E-state index contributed by atoms with van der Waals surface area (Å²) in [6.45, 7) is 13.3. The molecule has 0 saturated carbocycles. The maximum absolute atomic E-state index is 14.5. The van der Waals surface area contributed by atoms with Gasteiger partial charge < -0.3 is 0 Å². The van der Waals surface area contributed by atoms with Gasteiger partial charge in [-0.3, -0.25) is 9.59 Å². The molecule has 38 heavy (non-hydrogen) atoms. The number of carbonyl (C=O) groups is 2. The largest absolute Gasteiger partial charge is 0.274 e. The Morgan fingerprint density at radius 3 is 1.89 bits per heavy atom. The van der Waals surface area contributed by atoms with Gasteiger partial charge in [-0.25, -0.2) is 13.3 Å². The van der Waals surface area contributed by atoms with Gasteiger partial charge in [0.15, 0.2) is 0 Å². The Hall–Kier alpha value is -3.29. The number of hydrogen-bond donors (Lipinski definition) is 0. The molecule has 0 bridgehead atoms. The SMILES string of the molecule is Cc1cc(C)c(C)c(S(=O)(=O)N(C2CC(=O)N(c3ccc(C(C)C)cc3)C2=O)C(C)c2ccccc2)c1C. The molecule has 7 heteroatoms. The molecule has 6 nitrogen and oxygen atoms in total. The minimum absolute atomic E-state index is 0.206. The molecule has 3 aromatic rings. The quantitative estimate of drug-likeness (QED) is 0.343. The van der Waals surface area contributed by atoms with Crippen LogP contribution in [0.2, 0.25) is 0 Å². The van der Waals surface area contributed by atoms with Crippen LogP contribution in [-0.2, 0) is 19.6 Å².